The highest BCUT2D eigenvalue weighted by molar-refractivity contribution is 5.66. The maximum atomic E-state index is 13.1. The summed E-state index contributed by atoms with van der Waals surface area (Å²) in [5, 5.41) is 6.51. The zero-order valence-electron chi connectivity index (χ0n) is 16.4. The second-order valence-corrected chi connectivity index (χ2v) is 7.30. The number of benzene rings is 1. The molecule has 1 aliphatic heterocycles. The van der Waals surface area contributed by atoms with Gasteiger partial charge in [-0.25, -0.2) is 14.4 Å². The number of halogens is 1. The van der Waals surface area contributed by atoms with Gasteiger partial charge in [0, 0.05) is 57.0 Å². The van der Waals surface area contributed by atoms with E-state index in [1.807, 2.05) is 12.1 Å². The Morgan fingerprint density at radius 2 is 1.86 bits per heavy atom. The molecule has 1 aromatic carbocycles. The first kappa shape index (κ1) is 19.1. The minimum Gasteiger partial charge on any atom is -0.375 e. The van der Waals surface area contributed by atoms with Gasteiger partial charge >= 0.3 is 0 Å². The predicted octanol–water partition coefficient (Wildman–Crippen LogP) is 3.59. The zero-order chi connectivity index (χ0) is 20.3. The van der Waals surface area contributed by atoms with Crippen LogP contribution in [0.4, 0.5) is 27.5 Å². The van der Waals surface area contributed by atoms with E-state index in [0.717, 1.165) is 24.3 Å². The molecule has 0 unspecified atom stereocenters. The molecular formula is C21H23FN6O. The third kappa shape index (κ3) is 4.60. The molecule has 7 nitrogen and oxygen atoms in total. The average Bonchev–Trinajstić information content (AvgIpc) is 2.71. The van der Waals surface area contributed by atoms with E-state index in [1.165, 1.54) is 12.1 Å². The highest BCUT2D eigenvalue weighted by atomic mass is 19.1. The first-order valence-electron chi connectivity index (χ1n) is 9.37. The Bertz CT molecular complexity index is 961. The molecular weight excluding hydrogens is 371 g/mol. The lowest BCUT2D eigenvalue weighted by Crippen LogP contribution is -2.61. The molecule has 0 aliphatic carbocycles. The van der Waals surface area contributed by atoms with Crippen LogP contribution < -0.4 is 15.5 Å². The maximum absolute atomic E-state index is 13.1. The van der Waals surface area contributed by atoms with Crippen molar-refractivity contribution < 1.29 is 9.13 Å². The molecule has 150 valence electrons. The molecule has 1 aliphatic rings. The molecule has 4 rings (SSSR count). The molecule has 2 N–H and O–H groups in total. The van der Waals surface area contributed by atoms with Gasteiger partial charge in [-0.05, 0) is 24.6 Å². The number of methoxy groups -OCH3 is 1. The van der Waals surface area contributed by atoms with E-state index in [2.05, 4.69) is 37.4 Å². The highest BCUT2D eigenvalue weighted by Crippen LogP contribution is 2.32. The first-order chi connectivity index (χ1) is 14.0. The quantitative estimate of drug-likeness (QED) is 0.634. The summed E-state index contributed by atoms with van der Waals surface area (Å²) < 4.78 is 18.7. The van der Waals surface area contributed by atoms with Crippen molar-refractivity contribution in [3.8, 4) is 0 Å². The van der Waals surface area contributed by atoms with Gasteiger partial charge < -0.3 is 20.3 Å². The van der Waals surface area contributed by atoms with Crippen LogP contribution in [0.5, 0.6) is 0 Å². The standard InChI is InChI=1S/C21H23FN6O/c1-21(29-2)13-28(14-21)17-9-18(25-11-15-3-5-16(22)6-4-15)26-19(10-17)27-20-12-23-7-8-24-20/h3-10,12H,11,13-14H2,1-2H3,(H2,24,25,26,27). The van der Waals surface area contributed by atoms with Gasteiger partial charge in [0.1, 0.15) is 23.3 Å². The van der Waals surface area contributed by atoms with Gasteiger partial charge in [0.05, 0.1) is 11.8 Å². The molecule has 3 heterocycles. The lowest BCUT2D eigenvalue weighted by molar-refractivity contribution is -0.0167. The molecule has 3 aromatic rings. The van der Waals surface area contributed by atoms with E-state index in [9.17, 15) is 4.39 Å². The van der Waals surface area contributed by atoms with E-state index >= 15 is 0 Å². The molecule has 1 saturated heterocycles. The lowest BCUT2D eigenvalue weighted by Gasteiger charge is -2.48. The fourth-order valence-corrected chi connectivity index (χ4v) is 3.22. The summed E-state index contributed by atoms with van der Waals surface area (Å²) in [6.45, 7) is 4.24. The largest absolute Gasteiger partial charge is 0.375 e. The van der Waals surface area contributed by atoms with Crippen LogP contribution in [0.25, 0.3) is 0 Å². The van der Waals surface area contributed by atoms with Gasteiger partial charge in [-0.2, -0.15) is 0 Å². The summed E-state index contributed by atoms with van der Waals surface area (Å²) in [6.07, 6.45) is 4.89. The Labute approximate surface area is 169 Å². The van der Waals surface area contributed by atoms with Crippen LogP contribution in [0.1, 0.15) is 12.5 Å². The number of rotatable bonds is 7. The van der Waals surface area contributed by atoms with E-state index < -0.39 is 0 Å². The van der Waals surface area contributed by atoms with Gasteiger partial charge in [-0.3, -0.25) is 4.98 Å². The van der Waals surface area contributed by atoms with Gasteiger partial charge in [0.25, 0.3) is 0 Å². The van der Waals surface area contributed by atoms with E-state index in [-0.39, 0.29) is 11.4 Å². The van der Waals surface area contributed by atoms with E-state index in [4.69, 9.17) is 4.74 Å². The van der Waals surface area contributed by atoms with Crippen molar-refractivity contribution in [1.82, 2.24) is 15.0 Å². The van der Waals surface area contributed by atoms with E-state index in [1.54, 1.807) is 37.8 Å². The summed E-state index contributed by atoms with van der Waals surface area (Å²) in [5.41, 5.74) is 1.86. The van der Waals surface area contributed by atoms with Crippen LogP contribution in [0, 0.1) is 5.82 Å². The Balaban J connectivity index is 1.55. The van der Waals surface area contributed by atoms with E-state index in [0.29, 0.717) is 24.0 Å². The Hall–Kier alpha value is -3.26. The molecule has 2 aromatic heterocycles. The van der Waals surface area contributed by atoms with Gasteiger partial charge in [-0.15, -0.1) is 0 Å². The topological polar surface area (TPSA) is 75.2 Å². The maximum Gasteiger partial charge on any atom is 0.150 e. The van der Waals surface area contributed by atoms with Crippen LogP contribution in [0.15, 0.2) is 55.0 Å². The molecule has 0 saturated carbocycles. The fourth-order valence-electron chi connectivity index (χ4n) is 3.22. The van der Waals surface area contributed by atoms with Crippen molar-refractivity contribution >= 4 is 23.1 Å². The SMILES string of the molecule is COC1(C)CN(c2cc(NCc3ccc(F)cc3)nc(Nc3cnccn3)c2)C1. The van der Waals surface area contributed by atoms with Crippen molar-refractivity contribution in [3.05, 3.63) is 66.4 Å². The summed E-state index contributed by atoms with van der Waals surface area (Å²) in [7, 11) is 1.74. The number of hydrogen-bond donors (Lipinski definition) is 2. The number of aromatic nitrogens is 3. The monoisotopic (exact) mass is 394 g/mol. The fraction of sp³-hybridized carbons (Fsp3) is 0.286. The Kier molecular flexibility index (Phi) is 5.26. The molecule has 8 heteroatoms. The summed E-state index contributed by atoms with van der Waals surface area (Å²) in [6, 6.07) is 10.4. The van der Waals surface area contributed by atoms with Gasteiger partial charge in [0.2, 0.25) is 0 Å². The number of pyridine rings is 1. The first-order valence-corrected chi connectivity index (χ1v) is 9.37. The third-order valence-corrected chi connectivity index (χ3v) is 4.92. The minimum absolute atomic E-state index is 0.135. The van der Waals surface area contributed by atoms with Crippen LogP contribution in [-0.2, 0) is 11.3 Å². The van der Waals surface area contributed by atoms with Crippen molar-refractivity contribution in [2.75, 3.05) is 35.7 Å². The predicted molar refractivity (Wildman–Crippen MR) is 111 cm³/mol. The number of hydrogen-bond acceptors (Lipinski definition) is 7. The molecule has 1 fully saturated rings. The van der Waals surface area contributed by atoms with Gasteiger partial charge in [0.15, 0.2) is 0 Å². The van der Waals surface area contributed by atoms with Crippen LogP contribution in [0.2, 0.25) is 0 Å². The lowest BCUT2D eigenvalue weighted by atomic mass is 9.96. The van der Waals surface area contributed by atoms with Crippen molar-refractivity contribution in [2.45, 2.75) is 19.1 Å². The number of anilines is 4. The number of nitrogens with zero attached hydrogens (tertiary/aromatic N) is 4. The normalized spacial score (nSPS) is 14.9. The molecule has 0 spiro atoms. The Morgan fingerprint density at radius 3 is 2.55 bits per heavy atom. The summed E-state index contributed by atoms with van der Waals surface area (Å²) in [5.74, 6) is 1.75. The van der Waals surface area contributed by atoms with Crippen LogP contribution in [0.3, 0.4) is 0 Å². The molecule has 0 bridgehead atoms. The second kappa shape index (κ2) is 8.00. The van der Waals surface area contributed by atoms with Gasteiger partial charge in [-0.1, -0.05) is 12.1 Å². The number of ether oxygens (including phenoxy) is 1. The second-order valence-electron chi connectivity index (χ2n) is 7.30. The molecule has 0 amide bonds. The molecule has 0 atom stereocenters. The van der Waals surface area contributed by atoms with Crippen molar-refractivity contribution in [3.63, 3.8) is 0 Å². The number of nitrogens with one attached hydrogen (secondary N) is 2. The van der Waals surface area contributed by atoms with Crippen LogP contribution >= 0.6 is 0 Å². The Morgan fingerprint density at radius 1 is 1.10 bits per heavy atom. The summed E-state index contributed by atoms with van der Waals surface area (Å²) in [4.78, 5) is 15.2. The smallest absolute Gasteiger partial charge is 0.150 e. The van der Waals surface area contributed by atoms with Crippen molar-refractivity contribution in [2.24, 2.45) is 0 Å². The minimum atomic E-state index is -0.247. The molecule has 29 heavy (non-hydrogen) atoms. The third-order valence-electron chi connectivity index (χ3n) is 4.92. The summed E-state index contributed by atoms with van der Waals surface area (Å²) >= 11 is 0. The van der Waals surface area contributed by atoms with Crippen LogP contribution in [-0.4, -0.2) is 40.8 Å². The highest BCUT2D eigenvalue weighted by Gasteiger charge is 2.39. The average molecular weight is 394 g/mol. The zero-order valence-corrected chi connectivity index (χ0v) is 16.4. The molecule has 0 radical (unpaired) electrons. The van der Waals surface area contributed by atoms with Crippen molar-refractivity contribution in [1.29, 1.82) is 0 Å².